The van der Waals surface area contributed by atoms with Crippen molar-refractivity contribution in [3.63, 3.8) is 0 Å². The molecule has 1 heterocycles. The van der Waals surface area contributed by atoms with Gasteiger partial charge in [0.1, 0.15) is 0 Å². The van der Waals surface area contributed by atoms with Crippen LogP contribution in [0.25, 0.3) is 0 Å². The van der Waals surface area contributed by atoms with Crippen molar-refractivity contribution in [1.82, 2.24) is 4.81 Å². The van der Waals surface area contributed by atoms with Crippen molar-refractivity contribution in [3.05, 3.63) is 35.9 Å². The van der Waals surface area contributed by atoms with Crippen LogP contribution in [0.4, 0.5) is 0 Å². The van der Waals surface area contributed by atoms with E-state index in [0.29, 0.717) is 13.1 Å². The Morgan fingerprint density at radius 1 is 1.30 bits per heavy atom. The molecule has 0 aliphatic carbocycles. The second kappa shape index (κ2) is 8.07. The fourth-order valence-corrected chi connectivity index (χ4v) is 2.57. The van der Waals surface area contributed by atoms with Gasteiger partial charge in [-0.1, -0.05) is 44.2 Å². The molecule has 20 heavy (non-hydrogen) atoms. The van der Waals surface area contributed by atoms with Crippen LogP contribution in [0.5, 0.6) is 0 Å². The smallest absolute Gasteiger partial charge is 0.376 e. The van der Waals surface area contributed by atoms with Gasteiger partial charge >= 0.3 is 13.0 Å². The van der Waals surface area contributed by atoms with E-state index in [2.05, 4.69) is 0 Å². The monoisotopic (exact) mass is 277 g/mol. The van der Waals surface area contributed by atoms with Crippen LogP contribution in [0.1, 0.15) is 25.3 Å². The molecule has 1 N–H and O–H groups in total. The van der Waals surface area contributed by atoms with Crippen molar-refractivity contribution in [2.75, 3.05) is 20.2 Å². The molecule has 5 heteroatoms. The molecule has 1 saturated heterocycles. The zero-order chi connectivity index (χ0) is 15.1. The number of nitrogens with zero attached hydrogens (tertiary/aromatic N) is 1. The summed E-state index contributed by atoms with van der Waals surface area (Å²) in [6, 6.07) is 9.93. The predicted molar refractivity (Wildman–Crippen MR) is 81.4 cm³/mol. The Hall–Kier alpha value is -1.33. The van der Waals surface area contributed by atoms with Crippen molar-refractivity contribution >= 4 is 13.0 Å². The van der Waals surface area contributed by atoms with Gasteiger partial charge in [-0.2, -0.15) is 0 Å². The van der Waals surface area contributed by atoms with Crippen molar-refractivity contribution in [3.8, 4) is 0 Å². The summed E-state index contributed by atoms with van der Waals surface area (Å²) in [5.41, 5.74) is 1.12. The van der Waals surface area contributed by atoms with Gasteiger partial charge in [0, 0.05) is 12.5 Å². The third-order valence-electron chi connectivity index (χ3n) is 3.61. The molecule has 0 bridgehead atoms. The maximum absolute atomic E-state index is 11.8. The van der Waals surface area contributed by atoms with E-state index in [1.165, 1.54) is 7.11 Å². The Morgan fingerprint density at radius 3 is 2.40 bits per heavy atom. The minimum Gasteiger partial charge on any atom is -0.469 e. The summed E-state index contributed by atoms with van der Waals surface area (Å²) in [6.45, 7) is 6.95. The summed E-state index contributed by atoms with van der Waals surface area (Å²) in [5.74, 6) is -0.313. The molecule has 1 fully saturated rings. The number of rotatable bonds is 3. The fraction of sp³-hybridized carbons (Fsp3) is 0.533. The van der Waals surface area contributed by atoms with Crippen molar-refractivity contribution in [2.24, 2.45) is 5.92 Å². The first kappa shape index (κ1) is 16.7. The van der Waals surface area contributed by atoms with Gasteiger partial charge in [0.15, 0.2) is 0 Å². The van der Waals surface area contributed by atoms with Gasteiger partial charge in [-0.3, -0.25) is 4.79 Å². The van der Waals surface area contributed by atoms with E-state index < -0.39 is 7.05 Å². The first-order valence-electron chi connectivity index (χ1n) is 7.18. The van der Waals surface area contributed by atoms with E-state index >= 15 is 0 Å². The van der Waals surface area contributed by atoms with Crippen LogP contribution in [0.15, 0.2) is 30.3 Å². The summed E-state index contributed by atoms with van der Waals surface area (Å²) < 4.78 is 4.87. The second-order valence-electron chi connectivity index (χ2n) is 4.73. The van der Waals surface area contributed by atoms with E-state index in [9.17, 15) is 9.82 Å². The largest absolute Gasteiger partial charge is 0.469 e. The lowest BCUT2D eigenvalue weighted by molar-refractivity contribution is -0.145. The van der Waals surface area contributed by atoms with Crippen LogP contribution >= 0.6 is 0 Å². The molecule has 2 rings (SSSR count). The molecule has 110 valence electrons. The lowest BCUT2D eigenvalue weighted by Crippen LogP contribution is -2.35. The molecule has 0 amide bonds. The van der Waals surface area contributed by atoms with Crippen LogP contribution in [-0.4, -0.2) is 43.1 Å². The fourth-order valence-electron chi connectivity index (χ4n) is 2.57. The maximum Gasteiger partial charge on any atom is 0.376 e. The highest BCUT2D eigenvalue weighted by molar-refractivity contribution is 6.45. The summed E-state index contributed by atoms with van der Waals surface area (Å²) in [5, 5.41) is 9.66. The molecule has 2 atom stereocenters. The van der Waals surface area contributed by atoms with Crippen molar-refractivity contribution in [2.45, 2.75) is 26.6 Å². The SMILES string of the molecule is CC.COC(=O)[C@@H]1CN(B(C)O)C[C@H]1c1ccccc1. The summed E-state index contributed by atoms with van der Waals surface area (Å²) in [7, 11) is 0.876. The number of hydrogen-bond donors (Lipinski definition) is 1. The number of benzene rings is 1. The average Bonchev–Trinajstić information content (AvgIpc) is 2.95. The zero-order valence-electron chi connectivity index (χ0n) is 12.7. The van der Waals surface area contributed by atoms with E-state index in [0.717, 1.165) is 5.56 Å². The van der Waals surface area contributed by atoms with E-state index in [4.69, 9.17) is 4.74 Å². The number of carbonyl (C=O) groups is 1. The minimum absolute atomic E-state index is 0.0910. The molecular weight excluding hydrogens is 253 g/mol. The minimum atomic E-state index is -0.536. The lowest BCUT2D eigenvalue weighted by Gasteiger charge is -2.16. The highest BCUT2D eigenvalue weighted by atomic mass is 16.5. The molecule has 0 aromatic heterocycles. The Bertz CT molecular complexity index is 411. The topological polar surface area (TPSA) is 49.8 Å². The number of methoxy groups -OCH3 is 1. The molecule has 1 aliphatic rings. The van der Waals surface area contributed by atoms with Crippen LogP contribution < -0.4 is 0 Å². The normalized spacial score (nSPS) is 21.9. The van der Waals surface area contributed by atoms with Crippen LogP contribution in [0.2, 0.25) is 6.82 Å². The molecule has 1 aromatic carbocycles. The van der Waals surface area contributed by atoms with Crippen LogP contribution in [-0.2, 0) is 9.53 Å². The Morgan fingerprint density at radius 2 is 1.90 bits per heavy atom. The van der Waals surface area contributed by atoms with E-state index in [1.807, 2.05) is 49.0 Å². The van der Waals surface area contributed by atoms with Gasteiger partial charge in [-0.25, -0.2) is 0 Å². The molecule has 0 saturated carbocycles. The van der Waals surface area contributed by atoms with Gasteiger partial charge in [0.05, 0.1) is 13.0 Å². The molecule has 1 aromatic rings. The van der Waals surface area contributed by atoms with Crippen LogP contribution in [0, 0.1) is 5.92 Å². The molecular formula is C15H24BNO3. The van der Waals surface area contributed by atoms with Gasteiger partial charge in [-0.15, -0.1) is 0 Å². The number of hydrogen-bond acceptors (Lipinski definition) is 4. The van der Waals surface area contributed by atoms with Crippen LogP contribution in [0.3, 0.4) is 0 Å². The highest BCUT2D eigenvalue weighted by Gasteiger charge is 2.41. The molecule has 0 radical (unpaired) electrons. The van der Waals surface area contributed by atoms with E-state index in [-0.39, 0.29) is 17.8 Å². The quantitative estimate of drug-likeness (QED) is 0.678. The Labute approximate surface area is 121 Å². The lowest BCUT2D eigenvalue weighted by atomic mass is 9.85. The number of esters is 1. The van der Waals surface area contributed by atoms with Crippen molar-refractivity contribution in [1.29, 1.82) is 0 Å². The molecule has 1 aliphatic heterocycles. The van der Waals surface area contributed by atoms with Gasteiger partial charge in [0.2, 0.25) is 0 Å². The third-order valence-corrected chi connectivity index (χ3v) is 3.61. The number of ether oxygens (including phenoxy) is 1. The molecule has 0 spiro atoms. The zero-order valence-corrected chi connectivity index (χ0v) is 12.7. The number of carbonyl (C=O) groups excluding carboxylic acids is 1. The average molecular weight is 277 g/mol. The summed E-state index contributed by atoms with van der Waals surface area (Å²) in [4.78, 5) is 13.7. The van der Waals surface area contributed by atoms with Gasteiger partial charge in [0.25, 0.3) is 0 Å². The predicted octanol–water partition coefficient (Wildman–Crippen LogP) is 2.01. The Balaban J connectivity index is 0.000000956. The summed E-state index contributed by atoms with van der Waals surface area (Å²) in [6.07, 6.45) is 0. The highest BCUT2D eigenvalue weighted by Crippen LogP contribution is 2.33. The van der Waals surface area contributed by atoms with Gasteiger partial charge in [-0.05, 0) is 18.9 Å². The first-order valence-corrected chi connectivity index (χ1v) is 7.18. The van der Waals surface area contributed by atoms with Gasteiger partial charge < -0.3 is 14.6 Å². The first-order chi connectivity index (χ1) is 9.63. The molecule has 4 nitrogen and oxygen atoms in total. The standard InChI is InChI=1S/C13H18BNO3.C2H6/c1-14(17)15-8-11(10-6-4-3-5-7-10)12(9-15)13(16)18-2;1-2/h3-7,11-12,17H,8-9H2,1-2H3;1-2H3/t11-,12+;/m0./s1. The maximum atomic E-state index is 11.8. The van der Waals surface area contributed by atoms with Crippen molar-refractivity contribution < 1.29 is 14.6 Å². The summed E-state index contributed by atoms with van der Waals surface area (Å²) >= 11 is 0. The Kier molecular flexibility index (Phi) is 6.75. The second-order valence-corrected chi connectivity index (χ2v) is 4.73. The van der Waals surface area contributed by atoms with E-state index in [1.54, 1.807) is 6.82 Å². The third kappa shape index (κ3) is 3.84. The molecule has 0 unspecified atom stereocenters.